The Labute approximate surface area is 164 Å². The first kappa shape index (κ1) is 17.5. The summed E-state index contributed by atoms with van der Waals surface area (Å²) in [5.74, 6) is 1.65. The maximum Gasteiger partial charge on any atom is 0.0353 e. The van der Waals surface area contributed by atoms with Gasteiger partial charge in [-0.05, 0) is 66.3 Å². The lowest BCUT2D eigenvalue weighted by Gasteiger charge is -2.48. The van der Waals surface area contributed by atoms with Gasteiger partial charge in [0.25, 0.3) is 0 Å². The number of hydrogen-bond donors (Lipinski definition) is 1. The molecule has 142 valence electrons. The third kappa shape index (κ3) is 3.23. The summed E-state index contributed by atoms with van der Waals surface area (Å²) in [7, 11) is 0. The monoisotopic (exact) mass is 360 g/mol. The normalized spacial score (nSPS) is 30.3. The second kappa shape index (κ2) is 7.41. The van der Waals surface area contributed by atoms with E-state index < -0.39 is 0 Å². The van der Waals surface area contributed by atoms with Crippen LogP contribution in [0.25, 0.3) is 0 Å². The van der Waals surface area contributed by atoms with Gasteiger partial charge in [-0.3, -0.25) is 4.90 Å². The Morgan fingerprint density at radius 3 is 2.48 bits per heavy atom. The molecule has 2 heteroatoms. The van der Waals surface area contributed by atoms with E-state index in [1.165, 1.54) is 45.2 Å². The van der Waals surface area contributed by atoms with Crippen LogP contribution in [0.5, 0.6) is 0 Å². The topological polar surface area (TPSA) is 15.3 Å². The molecule has 0 saturated carbocycles. The lowest BCUT2D eigenvalue weighted by Crippen LogP contribution is -2.46. The summed E-state index contributed by atoms with van der Waals surface area (Å²) >= 11 is 0. The molecule has 1 saturated heterocycles. The molecular formula is C25H32N2. The minimum absolute atomic E-state index is 0.541. The van der Waals surface area contributed by atoms with E-state index in [0.717, 1.165) is 18.4 Å². The van der Waals surface area contributed by atoms with Crippen LogP contribution in [0.3, 0.4) is 0 Å². The first-order valence-electron chi connectivity index (χ1n) is 11.0. The van der Waals surface area contributed by atoms with Crippen LogP contribution in [0.15, 0.2) is 48.5 Å². The van der Waals surface area contributed by atoms with Crippen LogP contribution >= 0.6 is 0 Å². The number of nitrogens with one attached hydrogen (secondary N) is 1. The molecule has 1 N–H and O–H groups in total. The van der Waals surface area contributed by atoms with Crippen LogP contribution in [0.4, 0.5) is 0 Å². The van der Waals surface area contributed by atoms with Gasteiger partial charge < -0.3 is 5.32 Å². The van der Waals surface area contributed by atoms with Crippen molar-refractivity contribution in [2.75, 3.05) is 19.6 Å². The van der Waals surface area contributed by atoms with Crippen molar-refractivity contribution in [2.24, 2.45) is 11.8 Å². The molecule has 4 unspecified atom stereocenters. The van der Waals surface area contributed by atoms with Crippen LogP contribution < -0.4 is 5.32 Å². The van der Waals surface area contributed by atoms with Crippen molar-refractivity contribution in [3.63, 3.8) is 0 Å². The third-order valence-corrected chi connectivity index (χ3v) is 7.46. The molecule has 0 aromatic heterocycles. The van der Waals surface area contributed by atoms with Gasteiger partial charge in [0.15, 0.2) is 0 Å². The molecule has 0 bridgehead atoms. The maximum absolute atomic E-state index is 3.84. The van der Waals surface area contributed by atoms with Crippen molar-refractivity contribution in [2.45, 2.75) is 51.1 Å². The van der Waals surface area contributed by atoms with E-state index in [0.29, 0.717) is 12.1 Å². The third-order valence-electron chi connectivity index (χ3n) is 7.46. The van der Waals surface area contributed by atoms with Crippen LogP contribution in [-0.2, 0) is 12.8 Å². The highest BCUT2D eigenvalue weighted by molar-refractivity contribution is 5.34. The summed E-state index contributed by atoms with van der Waals surface area (Å²) < 4.78 is 0. The minimum atomic E-state index is 0.541. The fraction of sp³-hybridized carbons (Fsp3) is 0.520. The van der Waals surface area contributed by atoms with Gasteiger partial charge in [-0.1, -0.05) is 61.9 Å². The largest absolute Gasteiger partial charge is 0.310 e. The second-order valence-electron chi connectivity index (χ2n) is 8.81. The molecule has 3 aliphatic rings. The lowest BCUT2D eigenvalue weighted by molar-refractivity contribution is 0.0437. The van der Waals surface area contributed by atoms with Crippen molar-refractivity contribution < 1.29 is 0 Å². The Hall–Kier alpha value is -1.64. The lowest BCUT2D eigenvalue weighted by atomic mass is 9.72. The molecule has 2 aromatic rings. The quantitative estimate of drug-likeness (QED) is 0.837. The molecule has 2 aromatic carbocycles. The number of hydrogen-bond acceptors (Lipinski definition) is 2. The Bertz CT molecular complexity index is 796. The van der Waals surface area contributed by atoms with Crippen LogP contribution in [-0.4, -0.2) is 24.5 Å². The average molecular weight is 361 g/mol. The van der Waals surface area contributed by atoms with E-state index in [1.807, 2.05) is 0 Å². The van der Waals surface area contributed by atoms with Gasteiger partial charge in [-0.15, -0.1) is 0 Å². The molecular weight excluding hydrogens is 328 g/mol. The summed E-state index contributed by atoms with van der Waals surface area (Å²) in [5, 5.41) is 3.84. The highest BCUT2D eigenvalue weighted by Crippen LogP contribution is 2.45. The summed E-state index contributed by atoms with van der Waals surface area (Å²) in [5.41, 5.74) is 6.33. The molecule has 0 spiro atoms. The standard InChI is InChI=1S/C25H32N2/c1-2-18-17-27-14-12-20-8-4-6-10-23(20)25(27)16-21(18)15-24-22-9-5-3-7-19(22)11-13-26-24/h3-10,18,21,24-26H,2,11-17H2,1H3. The number of piperidine rings is 1. The van der Waals surface area contributed by atoms with Gasteiger partial charge in [0.2, 0.25) is 0 Å². The molecule has 0 radical (unpaired) electrons. The zero-order valence-corrected chi connectivity index (χ0v) is 16.5. The van der Waals surface area contributed by atoms with Crippen molar-refractivity contribution >= 4 is 0 Å². The maximum atomic E-state index is 3.84. The Balaban J connectivity index is 1.40. The fourth-order valence-corrected chi connectivity index (χ4v) is 5.98. The second-order valence-corrected chi connectivity index (χ2v) is 8.81. The predicted octanol–water partition coefficient (Wildman–Crippen LogP) is 4.91. The van der Waals surface area contributed by atoms with Crippen molar-refractivity contribution in [1.82, 2.24) is 10.2 Å². The molecule has 27 heavy (non-hydrogen) atoms. The summed E-state index contributed by atoms with van der Waals surface area (Å²) in [4.78, 5) is 2.79. The molecule has 1 fully saturated rings. The SMILES string of the molecule is CCC1CN2CCc3ccccc3C2CC1CC1NCCc2ccccc21. The molecule has 2 nitrogen and oxygen atoms in total. The van der Waals surface area contributed by atoms with Gasteiger partial charge in [0.05, 0.1) is 0 Å². The zero-order valence-electron chi connectivity index (χ0n) is 16.5. The Kier molecular flexibility index (Phi) is 4.79. The highest BCUT2D eigenvalue weighted by Gasteiger charge is 2.39. The smallest absolute Gasteiger partial charge is 0.0353 e. The molecule has 0 aliphatic carbocycles. The average Bonchev–Trinajstić information content (AvgIpc) is 2.73. The first-order chi connectivity index (χ1) is 13.3. The van der Waals surface area contributed by atoms with Crippen LogP contribution in [0, 0.1) is 11.8 Å². The van der Waals surface area contributed by atoms with Gasteiger partial charge in [0, 0.05) is 25.2 Å². The van der Waals surface area contributed by atoms with E-state index in [1.54, 1.807) is 22.3 Å². The van der Waals surface area contributed by atoms with E-state index in [2.05, 4.69) is 65.7 Å². The number of rotatable bonds is 3. The number of benzene rings is 2. The van der Waals surface area contributed by atoms with Crippen LogP contribution in [0.1, 0.15) is 60.5 Å². The summed E-state index contributed by atoms with van der Waals surface area (Å²) in [6, 6.07) is 19.5. The number of fused-ring (bicyclic) bond motifs is 4. The summed E-state index contributed by atoms with van der Waals surface area (Å²) in [6.45, 7) is 6.06. The van der Waals surface area contributed by atoms with E-state index >= 15 is 0 Å². The molecule has 3 heterocycles. The van der Waals surface area contributed by atoms with Gasteiger partial charge in [0.1, 0.15) is 0 Å². The highest BCUT2D eigenvalue weighted by atomic mass is 15.2. The Morgan fingerprint density at radius 1 is 0.926 bits per heavy atom. The van der Waals surface area contributed by atoms with Crippen molar-refractivity contribution in [1.29, 1.82) is 0 Å². The fourth-order valence-electron chi connectivity index (χ4n) is 5.98. The van der Waals surface area contributed by atoms with E-state index in [9.17, 15) is 0 Å². The van der Waals surface area contributed by atoms with Gasteiger partial charge in [-0.25, -0.2) is 0 Å². The van der Waals surface area contributed by atoms with Crippen molar-refractivity contribution in [3.05, 3.63) is 70.8 Å². The molecule has 3 aliphatic heterocycles. The predicted molar refractivity (Wildman–Crippen MR) is 112 cm³/mol. The van der Waals surface area contributed by atoms with Gasteiger partial charge in [-0.2, -0.15) is 0 Å². The Morgan fingerprint density at radius 2 is 1.67 bits per heavy atom. The van der Waals surface area contributed by atoms with Crippen LogP contribution in [0.2, 0.25) is 0 Å². The molecule has 4 atom stereocenters. The number of nitrogens with zero attached hydrogens (tertiary/aromatic N) is 1. The molecule has 5 rings (SSSR count). The first-order valence-corrected chi connectivity index (χ1v) is 11.0. The van der Waals surface area contributed by atoms with E-state index in [4.69, 9.17) is 0 Å². The molecule has 0 amide bonds. The van der Waals surface area contributed by atoms with Crippen molar-refractivity contribution in [3.8, 4) is 0 Å². The van der Waals surface area contributed by atoms with Gasteiger partial charge >= 0.3 is 0 Å². The summed E-state index contributed by atoms with van der Waals surface area (Å²) in [6.07, 6.45) is 6.34. The minimum Gasteiger partial charge on any atom is -0.310 e. The van der Waals surface area contributed by atoms with E-state index in [-0.39, 0.29) is 0 Å². The zero-order chi connectivity index (χ0) is 18.2.